The maximum atomic E-state index is 13.4. The number of ether oxygens (including phenoxy) is 2. The van der Waals surface area contributed by atoms with Crippen LogP contribution in [0.3, 0.4) is 0 Å². The van der Waals surface area contributed by atoms with Gasteiger partial charge in [-0.15, -0.1) is 0 Å². The number of rotatable bonds is 7. The molecular weight excluding hydrogens is 448 g/mol. The average molecular weight is 479 g/mol. The van der Waals surface area contributed by atoms with Crippen molar-refractivity contribution in [2.45, 2.75) is 50.9 Å². The standard InChI is InChI=1S/C27H30N2O6/c1-17-8-22(29(32)33)23(34-2)10-21(17)28-24(30)15-35-25(31)27-13-18-9-19(14-27)12-26(11-18,16-27)20-6-4-3-5-7-20/h3-8,10,18-19H,9,11-16H2,1-2H3,(H,28,30)/t18-,19-,26?,27?/m0/s1. The van der Waals surface area contributed by atoms with E-state index >= 15 is 0 Å². The van der Waals surface area contributed by atoms with Crippen LogP contribution in [0.5, 0.6) is 5.75 Å². The number of nitro benzene ring substituents is 1. The molecule has 4 saturated carbocycles. The van der Waals surface area contributed by atoms with E-state index < -0.39 is 22.9 Å². The Morgan fingerprint density at radius 1 is 1.11 bits per heavy atom. The van der Waals surface area contributed by atoms with Gasteiger partial charge in [-0.1, -0.05) is 30.3 Å². The Morgan fingerprint density at radius 2 is 1.80 bits per heavy atom. The highest BCUT2D eigenvalue weighted by Gasteiger charge is 2.61. The number of esters is 1. The fourth-order valence-electron chi connectivity index (χ4n) is 7.21. The Morgan fingerprint density at radius 3 is 2.43 bits per heavy atom. The minimum Gasteiger partial charge on any atom is -0.490 e. The number of hydrogen-bond donors (Lipinski definition) is 1. The van der Waals surface area contributed by atoms with Gasteiger partial charge in [0.1, 0.15) is 0 Å². The zero-order valence-corrected chi connectivity index (χ0v) is 20.0. The van der Waals surface area contributed by atoms with Crippen LogP contribution >= 0.6 is 0 Å². The van der Waals surface area contributed by atoms with Crippen molar-refractivity contribution in [1.82, 2.24) is 0 Å². The molecular formula is C27H30N2O6. The summed E-state index contributed by atoms with van der Waals surface area (Å²) >= 11 is 0. The number of methoxy groups -OCH3 is 1. The second-order valence-electron chi connectivity index (χ2n) is 10.6. The largest absolute Gasteiger partial charge is 0.490 e. The third kappa shape index (κ3) is 4.15. The van der Waals surface area contributed by atoms with E-state index in [4.69, 9.17) is 9.47 Å². The predicted octanol–water partition coefficient (Wildman–Crippen LogP) is 4.93. The summed E-state index contributed by atoms with van der Waals surface area (Å²) in [6.07, 6.45) is 5.84. The van der Waals surface area contributed by atoms with E-state index in [1.54, 1.807) is 6.92 Å². The number of carbonyl (C=O) groups is 2. The van der Waals surface area contributed by atoms with Crippen molar-refractivity contribution in [3.05, 3.63) is 63.7 Å². The van der Waals surface area contributed by atoms with Crippen molar-refractivity contribution in [2.24, 2.45) is 17.3 Å². The van der Waals surface area contributed by atoms with Crippen LogP contribution in [0, 0.1) is 34.3 Å². The first-order valence-corrected chi connectivity index (χ1v) is 12.1. The van der Waals surface area contributed by atoms with Gasteiger partial charge in [-0.2, -0.15) is 0 Å². The lowest BCUT2D eigenvalue weighted by molar-refractivity contribution is -0.385. The fourth-order valence-corrected chi connectivity index (χ4v) is 7.21. The predicted molar refractivity (Wildman–Crippen MR) is 129 cm³/mol. The van der Waals surface area contributed by atoms with Gasteiger partial charge in [0.2, 0.25) is 0 Å². The molecule has 0 aromatic heterocycles. The highest BCUT2D eigenvalue weighted by molar-refractivity contribution is 5.94. The Labute approximate surface area is 204 Å². The number of nitrogens with zero attached hydrogens (tertiary/aromatic N) is 1. The van der Waals surface area contributed by atoms with Gasteiger partial charge in [0.05, 0.1) is 17.4 Å². The van der Waals surface area contributed by atoms with Crippen LogP contribution in [0.25, 0.3) is 0 Å². The molecule has 1 N–H and O–H groups in total. The molecule has 4 aliphatic carbocycles. The van der Waals surface area contributed by atoms with E-state index in [0.29, 0.717) is 23.1 Å². The summed E-state index contributed by atoms with van der Waals surface area (Å²) in [5.74, 6) is 0.300. The number of benzene rings is 2. The lowest BCUT2D eigenvalue weighted by Gasteiger charge is -2.61. The number of carbonyl (C=O) groups excluding carboxylic acids is 2. The van der Waals surface area contributed by atoms with Crippen molar-refractivity contribution in [3.63, 3.8) is 0 Å². The first-order valence-electron chi connectivity index (χ1n) is 12.1. The van der Waals surface area contributed by atoms with Gasteiger partial charge in [0, 0.05) is 17.8 Å². The first kappa shape index (κ1) is 23.3. The molecule has 184 valence electrons. The summed E-state index contributed by atoms with van der Waals surface area (Å²) in [6, 6.07) is 13.3. The summed E-state index contributed by atoms with van der Waals surface area (Å²) < 4.78 is 10.7. The lowest BCUT2D eigenvalue weighted by atomic mass is 9.43. The topological polar surface area (TPSA) is 108 Å². The number of aryl methyl sites for hydroxylation is 1. The molecule has 4 fully saturated rings. The van der Waals surface area contributed by atoms with Crippen LogP contribution in [0.2, 0.25) is 0 Å². The van der Waals surface area contributed by atoms with Gasteiger partial charge in [-0.25, -0.2) is 0 Å². The molecule has 0 radical (unpaired) electrons. The SMILES string of the molecule is COc1cc(NC(=O)COC(=O)C23C[C@H]4C[C@H](C2)CC(c2ccccc2)(C4)C3)c(C)cc1[N+](=O)[O-]. The zero-order valence-electron chi connectivity index (χ0n) is 20.0. The van der Waals surface area contributed by atoms with Crippen LogP contribution in [0.4, 0.5) is 11.4 Å². The number of nitrogens with one attached hydrogen (secondary N) is 1. The van der Waals surface area contributed by atoms with Crippen LogP contribution in [0.15, 0.2) is 42.5 Å². The molecule has 0 saturated heterocycles. The molecule has 0 spiro atoms. The Bertz CT molecular complexity index is 1160. The van der Waals surface area contributed by atoms with Crippen LogP contribution in [0.1, 0.15) is 49.7 Å². The Balaban J connectivity index is 1.28. The average Bonchev–Trinajstić information content (AvgIpc) is 2.83. The van der Waals surface area contributed by atoms with Gasteiger partial charge in [0.25, 0.3) is 5.91 Å². The summed E-state index contributed by atoms with van der Waals surface area (Å²) in [7, 11) is 1.33. The molecule has 8 heteroatoms. The molecule has 2 atom stereocenters. The van der Waals surface area contributed by atoms with Crippen LogP contribution in [-0.2, 0) is 19.7 Å². The quantitative estimate of drug-likeness (QED) is 0.343. The lowest BCUT2D eigenvalue weighted by Crippen LogP contribution is -2.57. The number of hydrogen-bond acceptors (Lipinski definition) is 6. The summed E-state index contributed by atoms with van der Waals surface area (Å²) in [4.78, 5) is 36.7. The highest BCUT2D eigenvalue weighted by atomic mass is 16.6. The fraction of sp³-hybridized carbons (Fsp3) is 0.481. The van der Waals surface area contributed by atoms with Crippen molar-refractivity contribution in [3.8, 4) is 5.75 Å². The smallest absolute Gasteiger partial charge is 0.312 e. The zero-order chi connectivity index (χ0) is 24.8. The maximum Gasteiger partial charge on any atom is 0.312 e. The molecule has 2 aromatic rings. The van der Waals surface area contributed by atoms with Gasteiger partial charge >= 0.3 is 11.7 Å². The molecule has 35 heavy (non-hydrogen) atoms. The minimum atomic E-state index is -0.535. The van der Waals surface area contributed by atoms with Gasteiger partial charge in [-0.05, 0) is 73.8 Å². The van der Waals surface area contributed by atoms with Crippen molar-refractivity contribution >= 4 is 23.3 Å². The van der Waals surface area contributed by atoms with Crippen molar-refractivity contribution < 1.29 is 24.0 Å². The van der Waals surface area contributed by atoms with E-state index in [1.165, 1.54) is 31.2 Å². The van der Waals surface area contributed by atoms with Gasteiger partial charge in [0.15, 0.2) is 12.4 Å². The number of amides is 1. The normalized spacial score (nSPS) is 28.4. The van der Waals surface area contributed by atoms with Crippen molar-refractivity contribution in [2.75, 3.05) is 19.0 Å². The van der Waals surface area contributed by atoms with E-state index in [2.05, 4.69) is 29.6 Å². The molecule has 1 amide bonds. The molecule has 0 heterocycles. The first-order chi connectivity index (χ1) is 16.7. The van der Waals surface area contributed by atoms with Crippen LogP contribution in [-0.4, -0.2) is 30.5 Å². The summed E-state index contributed by atoms with van der Waals surface area (Å²) in [5, 5.41) is 13.9. The molecule has 2 aromatic carbocycles. The second kappa shape index (κ2) is 8.66. The minimum absolute atomic E-state index is 0.0129. The molecule has 8 nitrogen and oxygen atoms in total. The summed E-state index contributed by atoms with van der Waals surface area (Å²) in [6.45, 7) is 1.26. The van der Waals surface area contributed by atoms with E-state index in [1.807, 2.05) is 6.07 Å². The highest BCUT2D eigenvalue weighted by Crippen LogP contribution is 2.66. The molecule has 0 unspecified atom stereocenters. The number of nitro groups is 1. The van der Waals surface area contributed by atoms with E-state index in [9.17, 15) is 19.7 Å². The molecule has 6 rings (SSSR count). The number of anilines is 1. The second-order valence-corrected chi connectivity index (χ2v) is 10.6. The van der Waals surface area contributed by atoms with Crippen LogP contribution < -0.4 is 10.1 Å². The summed E-state index contributed by atoms with van der Waals surface area (Å²) in [5.41, 5.74) is 1.51. The molecule has 4 aliphatic rings. The van der Waals surface area contributed by atoms with Crippen molar-refractivity contribution in [1.29, 1.82) is 0 Å². The Hall–Kier alpha value is -3.42. The van der Waals surface area contributed by atoms with Gasteiger partial charge in [-0.3, -0.25) is 19.7 Å². The maximum absolute atomic E-state index is 13.4. The molecule has 0 aliphatic heterocycles. The molecule has 4 bridgehead atoms. The van der Waals surface area contributed by atoms with E-state index in [-0.39, 0.29) is 22.8 Å². The monoisotopic (exact) mass is 478 g/mol. The van der Waals surface area contributed by atoms with E-state index in [0.717, 1.165) is 32.1 Å². The third-order valence-corrected chi connectivity index (χ3v) is 8.21. The Kier molecular flexibility index (Phi) is 5.77. The third-order valence-electron chi connectivity index (χ3n) is 8.21. The van der Waals surface area contributed by atoms with Gasteiger partial charge < -0.3 is 14.8 Å².